The normalized spacial score (nSPS) is 10.4. The van der Waals surface area contributed by atoms with Crippen LogP contribution in [0.3, 0.4) is 0 Å². The molecule has 5 heteroatoms. The first kappa shape index (κ1) is 10.6. The van der Waals surface area contributed by atoms with Gasteiger partial charge in [-0.25, -0.2) is 9.37 Å². The summed E-state index contributed by atoms with van der Waals surface area (Å²) >= 11 is 0. The molecule has 0 aliphatic heterocycles. The van der Waals surface area contributed by atoms with E-state index >= 15 is 0 Å². The molecule has 0 bridgehead atoms. The molecule has 1 heterocycles. The molecular formula is C11H11FN2O2. The molecule has 0 amide bonds. The van der Waals surface area contributed by atoms with Gasteiger partial charge >= 0.3 is 0 Å². The molecule has 0 aliphatic carbocycles. The Kier molecular flexibility index (Phi) is 2.87. The largest absolute Gasteiger partial charge is 0.494 e. The summed E-state index contributed by atoms with van der Waals surface area (Å²) < 4.78 is 23.2. The second-order valence-electron chi connectivity index (χ2n) is 3.20. The van der Waals surface area contributed by atoms with E-state index in [0.29, 0.717) is 23.7 Å². The zero-order valence-electron chi connectivity index (χ0n) is 8.74. The van der Waals surface area contributed by atoms with Crippen molar-refractivity contribution in [2.45, 2.75) is 6.54 Å². The molecule has 0 aliphatic rings. The Labute approximate surface area is 91.9 Å². The third-order valence-electron chi connectivity index (χ3n) is 2.16. The van der Waals surface area contributed by atoms with Crippen molar-refractivity contribution >= 4 is 0 Å². The number of hydrogen-bond acceptors (Lipinski definition) is 4. The second kappa shape index (κ2) is 4.32. The van der Waals surface area contributed by atoms with Crippen molar-refractivity contribution in [3.63, 3.8) is 0 Å². The van der Waals surface area contributed by atoms with E-state index in [2.05, 4.69) is 4.98 Å². The monoisotopic (exact) mass is 222 g/mol. The molecule has 2 rings (SSSR count). The number of rotatable bonds is 3. The van der Waals surface area contributed by atoms with Crippen LogP contribution in [0.5, 0.6) is 5.75 Å². The lowest BCUT2D eigenvalue weighted by Gasteiger charge is -2.02. The summed E-state index contributed by atoms with van der Waals surface area (Å²) in [7, 11) is 1.41. The molecule has 0 unspecified atom stereocenters. The summed E-state index contributed by atoms with van der Waals surface area (Å²) in [5.74, 6) is 0.139. The molecule has 0 spiro atoms. The van der Waals surface area contributed by atoms with Gasteiger partial charge in [0, 0.05) is 12.1 Å². The first-order valence-corrected chi connectivity index (χ1v) is 4.73. The number of methoxy groups -OCH3 is 1. The Morgan fingerprint density at radius 2 is 2.31 bits per heavy atom. The molecule has 0 atom stereocenters. The van der Waals surface area contributed by atoms with Gasteiger partial charge in [-0.15, -0.1) is 0 Å². The van der Waals surface area contributed by atoms with Crippen LogP contribution in [0.15, 0.2) is 28.9 Å². The molecule has 0 saturated carbocycles. The summed E-state index contributed by atoms with van der Waals surface area (Å²) in [6.45, 7) is 0.307. The van der Waals surface area contributed by atoms with Crippen LogP contribution in [0.1, 0.15) is 5.69 Å². The van der Waals surface area contributed by atoms with E-state index in [0.717, 1.165) is 0 Å². The predicted molar refractivity (Wildman–Crippen MR) is 56.3 cm³/mol. The minimum Gasteiger partial charge on any atom is -0.494 e. The number of hydrogen-bond donors (Lipinski definition) is 1. The summed E-state index contributed by atoms with van der Waals surface area (Å²) in [5, 5.41) is 0. The van der Waals surface area contributed by atoms with Gasteiger partial charge < -0.3 is 14.9 Å². The van der Waals surface area contributed by atoms with Gasteiger partial charge in [0.2, 0.25) is 5.89 Å². The van der Waals surface area contributed by atoms with Gasteiger partial charge in [-0.3, -0.25) is 0 Å². The lowest BCUT2D eigenvalue weighted by molar-refractivity contribution is 0.386. The van der Waals surface area contributed by atoms with Crippen molar-refractivity contribution in [2.24, 2.45) is 5.73 Å². The molecule has 4 nitrogen and oxygen atoms in total. The van der Waals surface area contributed by atoms with Gasteiger partial charge in [-0.1, -0.05) is 0 Å². The minimum absolute atomic E-state index is 0.157. The Morgan fingerprint density at radius 3 is 2.94 bits per heavy atom. The molecule has 0 fully saturated rings. The highest BCUT2D eigenvalue weighted by atomic mass is 19.1. The zero-order valence-corrected chi connectivity index (χ0v) is 8.74. The fraction of sp³-hybridized carbons (Fsp3) is 0.182. The highest BCUT2D eigenvalue weighted by Crippen LogP contribution is 2.25. The van der Waals surface area contributed by atoms with Crippen LogP contribution >= 0.6 is 0 Å². The van der Waals surface area contributed by atoms with Gasteiger partial charge in [0.1, 0.15) is 6.26 Å². The highest BCUT2D eigenvalue weighted by molar-refractivity contribution is 5.56. The molecule has 84 valence electrons. The maximum absolute atomic E-state index is 13.2. The fourth-order valence-electron chi connectivity index (χ4n) is 1.33. The second-order valence-corrected chi connectivity index (χ2v) is 3.20. The molecule has 0 saturated heterocycles. The van der Waals surface area contributed by atoms with Gasteiger partial charge in [0.05, 0.1) is 12.8 Å². The molecule has 16 heavy (non-hydrogen) atoms. The van der Waals surface area contributed by atoms with Gasteiger partial charge in [-0.05, 0) is 18.2 Å². The van der Waals surface area contributed by atoms with Crippen LogP contribution < -0.4 is 10.5 Å². The molecule has 2 aromatic rings. The number of ether oxygens (including phenoxy) is 1. The molecule has 0 radical (unpaired) electrons. The van der Waals surface area contributed by atoms with E-state index in [-0.39, 0.29) is 5.75 Å². The fourth-order valence-corrected chi connectivity index (χ4v) is 1.33. The highest BCUT2D eigenvalue weighted by Gasteiger charge is 2.09. The average molecular weight is 222 g/mol. The smallest absolute Gasteiger partial charge is 0.226 e. The van der Waals surface area contributed by atoms with Gasteiger partial charge in [0.25, 0.3) is 0 Å². The Balaban J connectivity index is 2.40. The topological polar surface area (TPSA) is 61.3 Å². The van der Waals surface area contributed by atoms with Gasteiger partial charge in [0.15, 0.2) is 11.6 Å². The summed E-state index contributed by atoms with van der Waals surface area (Å²) in [5.41, 5.74) is 6.72. The Morgan fingerprint density at radius 1 is 1.50 bits per heavy atom. The SMILES string of the molecule is COc1cc(-c2nc(CN)co2)ccc1F. The first-order chi connectivity index (χ1) is 7.74. The van der Waals surface area contributed by atoms with E-state index in [4.69, 9.17) is 14.9 Å². The molecule has 1 aromatic heterocycles. The number of halogens is 1. The van der Waals surface area contributed by atoms with Crippen molar-refractivity contribution in [3.05, 3.63) is 36.0 Å². The summed E-state index contributed by atoms with van der Waals surface area (Å²) in [6, 6.07) is 4.41. The molecule has 1 aromatic carbocycles. The standard InChI is InChI=1S/C11H11FN2O2/c1-15-10-4-7(2-3-9(10)12)11-14-8(5-13)6-16-11/h2-4,6H,5,13H2,1H3. The molecule has 2 N–H and O–H groups in total. The quantitative estimate of drug-likeness (QED) is 0.862. The Bertz CT molecular complexity index is 496. The summed E-state index contributed by atoms with van der Waals surface area (Å²) in [4.78, 5) is 4.13. The van der Waals surface area contributed by atoms with E-state index in [1.54, 1.807) is 6.07 Å². The number of aromatic nitrogens is 1. The van der Waals surface area contributed by atoms with E-state index in [1.807, 2.05) is 0 Å². The third kappa shape index (κ3) is 1.90. The van der Waals surface area contributed by atoms with Crippen LogP contribution in [0.25, 0.3) is 11.5 Å². The van der Waals surface area contributed by atoms with Crippen molar-refractivity contribution in [1.82, 2.24) is 4.98 Å². The average Bonchev–Trinajstić information content (AvgIpc) is 2.78. The van der Waals surface area contributed by atoms with Crippen molar-refractivity contribution in [2.75, 3.05) is 7.11 Å². The van der Waals surface area contributed by atoms with Crippen LogP contribution in [-0.2, 0) is 6.54 Å². The maximum atomic E-state index is 13.2. The maximum Gasteiger partial charge on any atom is 0.226 e. The third-order valence-corrected chi connectivity index (χ3v) is 2.16. The van der Waals surface area contributed by atoms with Crippen molar-refractivity contribution in [1.29, 1.82) is 0 Å². The first-order valence-electron chi connectivity index (χ1n) is 4.73. The molecular weight excluding hydrogens is 211 g/mol. The van der Waals surface area contributed by atoms with Gasteiger partial charge in [-0.2, -0.15) is 0 Å². The number of oxazole rings is 1. The van der Waals surface area contributed by atoms with E-state index < -0.39 is 5.82 Å². The summed E-state index contributed by atoms with van der Waals surface area (Å²) in [6.07, 6.45) is 1.48. The van der Waals surface area contributed by atoms with Crippen LogP contribution in [-0.4, -0.2) is 12.1 Å². The predicted octanol–water partition coefficient (Wildman–Crippen LogP) is 1.95. The number of nitrogens with two attached hydrogens (primary N) is 1. The number of benzene rings is 1. The lowest BCUT2D eigenvalue weighted by Crippen LogP contribution is -1.95. The minimum atomic E-state index is -0.420. The number of nitrogens with zero attached hydrogens (tertiary/aromatic N) is 1. The Hall–Kier alpha value is -1.88. The van der Waals surface area contributed by atoms with Crippen LogP contribution in [0.4, 0.5) is 4.39 Å². The lowest BCUT2D eigenvalue weighted by atomic mass is 10.2. The van der Waals surface area contributed by atoms with E-state index in [9.17, 15) is 4.39 Å². The van der Waals surface area contributed by atoms with E-state index in [1.165, 1.54) is 25.5 Å². The van der Waals surface area contributed by atoms with Crippen LogP contribution in [0, 0.1) is 5.82 Å². The zero-order chi connectivity index (χ0) is 11.5. The van der Waals surface area contributed by atoms with Crippen molar-refractivity contribution < 1.29 is 13.5 Å². The van der Waals surface area contributed by atoms with Crippen LogP contribution in [0.2, 0.25) is 0 Å². The van der Waals surface area contributed by atoms with Crippen molar-refractivity contribution in [3.8, 4) is 17.2 Å².